The number of methoxy groups -OCH3 is 1. The van der Waals surface area contributed by atoms with Gasteiger partial charge in [0.15, 0.2) is 5.78 Å². The molecule has 0 spiro atoms. The highest BCUT2D eigenvalue weighted by Gasteiger charge is 2.15. The molecule has 0 amide bonds. The molecule has 0 saturated heterocycles. The summed E-state index contributed by atoms with van der Waals surface area (Å²) in [6.45, 7) is 0. The van der Waals surface area contributed by atoms with Gasteiger partial charge in [-0.15, -0.1) is 0 Å². The summed E-state index contributed by atoms with van der Waals surface area (Å²) in [7, 11) is 5.04. The average molecular weight is 326 g/mol. The van der Waals surface area contributed by atoms with Crippen molar-refractivity contribution in [3.05, 3.63) is 69.8 Å². The Hall–Kier alpha value is -3.15. The van der Waals surface area contributed by atoms with Gasteiger partial charge in [0.2, 0.25) is 0 Å². The number of nitro benzene ring substituents is 1. The molecule has 6 heteroatoms. The van der Waals surface area contributed by atoms with Crippen LogP contribution in [0.2, 0.25) is 0 Å². The third-order valence-corrected chi connectivity index (χ3v) is 3.48. The Morgan fingerprint density at radius 2 is 1.83 bits per heavy atom. The highest BCUT2D eigenvalue weighted by molar-refractivity contribution is 6.06. The lowest BCUT2D eigenvalue weighted by atomic mass is 10.1. The number of carbonyl (C=O) groups is 1. The van der Waals surface area contributed by atoms with Crippen LogP contribution in [0.1, 0.15) is 15.9 Å². The molecule has 2 aromatic carbocycles. The van der Waals surface area contributed by atoms with E-state index in [4.69, 9.17) is 4.74 Å². The number of benzene rings is 2. The zero-order valence-electron chi connectivity index (χ0n) is 13.7. The third-order valence-electron chi connectivity index (χ3n) is 3.48. The zero-order valence-corrected chi connectivity index (χ0v) is 13.7. The largest absolute Gasteiger partial charge is 0.497 e. The number of hydrogen-bond acceptors (Lipinski definition) is 5. The van der Waals surface area contributed by atoms with Crippen molar-refractivity contribution >= 4 is 23.2 Å². The lowest BCUT2D eigenvalue weighted by molar-refractivity contribution is -0.384. The molecule has 0 radical (unpaired) electrons. The smallest absolute Gasteiger partial charge is 0.293 e. The minimum absolute atomic E-state index is 0.000883. The van der Waals surface area contributed by atoms with Gasteiger partial charge < -0.3 is 9.64 Å². The van der Waals surface area contributed by atoms with E-state index in [1.165, 1.54) is 12.1 Å². The van der Waals surface area contributed by atoms with E-state index in [0.29, 0.717) is 22.6 Å². The number of allylic oxidation sites excluding steroid dienone is 1. The standard InChI is InChI=1S/C18H18N2O4/c1-19(2)16-10-4-13(12-17(16)20(22)23)5-11-18(21)14-6-8-15(24-3)9-7-14/h4-12H,1-3H3/b11-5+. The summed E-state index contributed by atoms with van der Waals surface area (Å²) in [5, 5.41) is 11.2. The van der Waals surface area contributed by atoms with E-state index >= 15 is 0 Å². The number of ether oxygens (including phenoxy) is 1. The molecule has 2 aromatic rings. The van der Waals surface area contributed by atoms with Crippen LogP contribution >= 0.6 is 0 Å². The molecule has 0 aromatic heterocycles. The van der Waals surface area contributed by atoms with Crippen LogP contribution in [-0.4, -0.2) is 31.9 Å². The predicted octanol–water partition coefficient (Wildman–Crippen LogP) is 3.57. The Kier molecular flexibility index (Phi) is 5.31. The number of hydrogen-bond donors (Lipinski definition) is 0. The number of nitro groups is 1. The highest BCUT2D eigenvalue weighted by Crippen LogP contribution is 2.28. The number of anilines is 1. The maximum absolute atomic E-state index is 12.1. The van der Waals surface area contributed by atoms with Crippen LogP contribution in [-0.2, 0) is 0 Å². The average Bonchev–Trinajstić information content (AvgIpc) is 2.59. The fraction of sp³-hybridized carbons (Fsp3) is 0.167. The van der Waals surface area contributed by atoms with Crippen LogP contribution in [0.5, 0.6) is 5.75 Å². The van der Waals surface area contributed by atoms with Gasteiger partial charge in [-0.25, -0.2) is 0 Å². The van der Waals surface area contributed by atoms with Crippen LogP contribution in [0.15, 0.2) is 48.5 Å². The summed E-state index contributed by atoms with van der Waals surface area (Å²) in [4.78, 5) is 24.6. The Morgan fingerprint density at radius 3 is 2.38 bits per heavy atom. The first-order chi connectivity index (χ1) is 11.4. The van der Waals surface area contributed by atoms with Crippen LogP contribution in [0.4, 0.5) is 11.4 Å². The van der Waals surface area contributed by atoms with Gasteiger partial charge in [0.1, 0.15) is 11.4 Å². The van der Waals surface area contributed by atoms with Gasteiger partial charge in [0.05, 0.1) is 12.0 Å². The van der Waals surface area contributed by atoms with Crippen LogP contribution in [0, 0.1) is 10.1 Å². The lowest BCUT2D eigenvalue weighted by Gasteiger charge is -2.12. The van der Waals surface area contributed by atoms with Gasteiger partial charge in [-0.05, 0) is 42.0 Å². The van der Waals surface area contributed by atoms with E-state index in [2.05, 4.69) is 0 Å². The second-order valence-corrected chi connectivity index (χ2v) is 5.33. The second-order valence-electron chi connectivity index (χ2n) is 5.33. The minimum Gasteiger partial charge on any atom is -0.497 e. The highest BCUT2D eigenvalue weighted by atomic mass is 16.6. The van der Waals surface area contributed by atoms with Crippen LogP contribution in [0.3, 0.4) is 0 Å². The van der Waals surface area contributed by atoms with E-state index < -0.39 is 4.92 Å². The number of nitrogens with zero attached hydrogens (tertiary/aromatic N) is 2. The van der Waals surface area contributed by atoms with Crippen molar-refractivity contribution in [1.82, 2.24) is 0 Å². The molecule has 0 N–H and O–H groups in total. The molecule has 0 heterocycles. The van der Waals surface area contributed by atoms with Gasteiger partial charge in [0, 0.05) is 25.7 Å². The topological polar surface area (TPSA) is 72.7 Å². The molecular formula is C18H18N2O4. The maximum Gasteiger partial charge on any atom is 0.293 e. The molecule has 0 saturated carbocycles. The summed E-state index contributed by atoms with van der Waals surface area (Å²) in [5.74, 6) is 0.488. The first-order valence-electron chi connectivity index (χ1n) is 7.24. The van der Waals surface area contributed by atoms with Crippen molar-refractivity contribution in [2.45, 2.75) is 0 Å². The summed E-state index contributed by atoms with van der Waals surface area (Å²) >= 11 is 0. The molecule has 0 fully saturated rings. The molecule has 6 nitrogen and oxygen atoms in total. The molecule has 2 rings (SSSR count). The zero-order chi connectivity index (χ0) is 17.7. The summed E-state index contributed by atoms with van der Waals surface area (Å²) in [5.41, 5.74) is 1.62. The summed E-state index contributed by atoms with van der Waals surface area (Å²) in [6.07, 6.45) is 2.97. The van der Waals surface area contributed by atoms with Crippen molar-refractivity contribution in [3.63, 3.8) is 0 Å². The SMILES string of the molecule is COc1ccc(C(=O)/C=C/c2ccc(N(C)C)c([N+](=O)[O-])c2)cc1. The molecule has 0 aliphatic rings. The number of carbonyl (C=O) groups excluding carboxylic acids is 1. The molecule has 0 unspecified atom stereocenters. The third kappa shape index (κ3) is 3.98. The van der Waals surface area contributed by atoms with Crippen molar-refractivity contribution < 1.29 is 14.5 Å². The van der Waals surface area contributed by atoms with Crippen LogP contribution < -0.4 is 9.64 Å². The Balaban J connectivity index is 2.23. The Labute approximate surface area is 140 Å². The van der Waals surface area contributed by atoms with E-state index in [9.17, 15) is 14.9 Å². The summed E-state index contributed by atoms with van der Waals surface area (Å²) < 4.78 is 5.05. The predicted molar refractivity (Wildman–Crippen MR) is 93.8 cm³/mol. The second kappa shape index (κ2) is 7.41. The molecule has 24 heavy (non-hydrogen) atoms. The van der Waals surface area contributed by atoms with Crippen LogP contribution in [0.25, 0.3) is 6.08 Å². The molecule has 0 bridgehead atoms. The van der Waals surface area contributed by atoms with E-state index in [-0.39, 0.29) is 11.5 Å². The molecule has 0 aliphatic carbocycles. The monoisotopic (exact) mass is 326 g/mol. The summed E-state index contributed by atoms with van der Waals surface area (Å²) in [6, 6.07) is 11.6. The molecule has 0 aliphatic heterocycles. The van der Waals surface area contributed by atoms with Crippen molar-refractivity contribution in [2.24, 2.45) is 0 Å². The van der Waals surface area contributed by atoms with Crippen molar-refractivity contribution in [1.29, 1.82) is 0 Å². The fourth-order valence-corrected chi connectivity index (χ4v) is 2.19. The number of rotatable bonds is 6. The first kappa shape index (κ1) is 17.2. The molecular weight excluding hydrogens is 308 g/mol. The number of ketones is 1. The Bertz CT molecular complexity index is 780. The quantitative estimate of drug-likeness (QED) is 0.351. The van der Waals surface area contributed by atoms with E-state index in [1.54, 1.807) is 68.6 Å². The van der Waals surface area contributed by atoms with Gasteiger partial charge in [-0.1, -0.05) is 12.1 Å². The molecule has 124 valence electrons. The van der Waals surface area contributed by atoms with Gasteiger partial charge in [0.25, 0.3) is 5.69 Å². The molecule has 0 atom stereocenters. The first-order valence-corrected chi connectivity index (χ1v) is 7.24. The maximum atomic E-state index is 12.1. The lowest BCUT2D eigenvalue weighted by Crippen LogP contribution is -2.10. The van der Waals surface area contributed by atoms with Crippen molar-refractivity contribution in [2.75, 3.05) is 26.1 Å². The Morgan fingerprint density at radius 1 is 1.17 bits per heavy atom. The van der Waals surface area contributed by atoms with E-state index in [0.717, 1.165) is 0 Å². The van der Waals surface area contributed by atoms with Crippen molar-refractivity contribution in [3.8, 4) is 5.75 Å². The minimum atomic E-state index is -0.433. The van der Waals surface area contributed by atoms with Gasteiger partial charge in [-0.3, -0.25) is 14.9 Å². The van der Waals surface area contributed by atoms with Gasteiger partial charge in [-0.2, -0.15) is 0 Å². The van der Waals surface area contributed by atoms with E-state index in [1.807, 2.05) is 0 Å². The fourth-order valence-electron chi connectivity index (χ4n) is 2.19. The normalized spacial score (nSPS) is 10.6. The van der Waals surface area contributed by atoms with Gasteiger partial charge >= 0.3 is 0 Å².